The van der Waals surface area contributed by atoms with Crippen LogP contribution >= 0.6 is 12.0 Å². The topological polar surface area (TPSA) is 168 Å². The average Bonchev–Trinajstić information content (AvgIpc) is 2.86. The van der Waals surface area contributed by atoms with Crippen molar-refractivity contribution in [2.75, 3.05) is 0 Å². The van der Waals surface area contributed by atoms with Crippen LogP contribution in [0.15, 0.2) is 109 Å². The molecule has 0 aliphatic heterocycles. The second-order valence-electron chi connectivity index (χ2n) is 6.88. The molecule has 0 aromatic heterocycles. The number of hydrogen-bond donors (Lipinski definition) is 1. The van der Waals surface area contributed by atoms with Gasteiger partial charge < -0.3 is 14.9 Å². The molecule has 0 bridgehead atoms. The van der Waals surface area contributed by atoms with Crippen molar-refractivity contribution in [3.8, 4) is 5.75 Å². The van der Waals surface area contributed by atoms with Crippen molar-refractivity contribution >= 4 is 55.7 Å². The van der Waals surface area contributed by atoms with Crippen LogP contribution in [0.5, 0.6) is 5.75 Å². The number of azo groups is 2. The molecule has 15 heteroatoms. The fourth-order valence-electron chi connectivity index (χ4n) is 3.04. The van der Waals surface area contributed by atoms with E-state index in [-0.39, 0.29) is 86.2 Å². The molecule has 0 heterocycles. The second-order valence-corrected chi connectivity index (χ2v) is 9.00. The van der Waals surface area contributed by atoms with Gasteiger partial charge in [-0.3, -0.25) is 5.04 Å². The van der Waals surface area contributed by atoms with Crippen molar-refractivity contribution in [3.63, 3.8) is 0 Å². The number of nitrogens with zero attached hydrogens (tertiary/aromatic N) is 4. The standard InChI is InChI=1S/C22H16N4O7S2.2Na/c27-19-11-6-14-12-18(35(29,30)31)13-20(34-33-32-28)21(14)22(19)26-25-17-9-7-16(8-10-17)24-23-15-4-2-1-3-5-15;;/h1-13,27-28H,(H,29,30,31);;/q;2*+1/p-2. The minimum absolute atomic E-state index is 0. The summed E-state index contributed by atoms with van der Waals surface area (Å²) in [5, 5.41) is 40.9. The third-order valence-electron chi connectivity index (χ3n) is 4.60. The van der Waals surface area contributed by atoms with E-state index in [9.17, 15) is 23.3 Å². The summed E-state index contributed by atoms with van der Waals surface area (Å²) < 4.78 is 38.9. The zero-order valence-corrected chi connectivity index (χ0v) is 25.1. The van der Waals surface area contributed by atoms with Crippen molar-refractivity contribution in [1.29, 1.82) is 0 Å². The first kappa shape index (κ1) is 31.5. The summed E-state index contributed by atoms with van der Waals surface area (Å²) in [5.74, 6) is -0.280. The molecule has 1 N–H and O–H groups in total. The Labute approximate surface area is 260 Å². The van der Waals surface area contributed by atoms with Gasteiger partial charge in [0.1, 0.15) is 21.6 Å². The van der Waals surface area contributed by atoms with Crippen LogP contribution in [0.3, 0.4) is 0 Å². The third kappa shape index (κ3) is 8.38. The SMILES string of the molecule is O=S(=O)([O-])c1cc(SOO[O-])c2c(N=Nc3ccc(N=Nc4ccccc4)cc3)c(O)ccc2c1.[Na+].[Na+]. The van der Waals surface area contributed by atoms with Crippen LogP contribution in [0.25, 0.3) is 10.8 Å². The molecule has 37 heavy (non-hydrogen) atoms. The minimum Gasteiger partial charge on any atom is -0.744 e. The van der Waals surface area contributed by atoms with Gasteiger partial charge in [-0.15, -0.1) is 5.11 Å². The van der Waals surface area contributed by atoms with Crippen LogP contribution in [0.2, 0.25) is 0 Å². The molecule has 11 nitrogen and oxygen atoms in total. The van der Waals surface area contributed by atoms with Crippen LogP contribution in [-0.4, -0.2) is 18.1 Å². The smallest absolute Gasteiger partial charge is 0.744 e. The van der Waals surface area contributed by atoms with E-state index in [4.69, 9.17) is 0 Å². The maximum atomic E-state index is 11.5. The van der Waals surface area contributed by atoms with Crippen molar-refractivity contribution in [2.24, 2.45) is 20.5 Å². The van der Waals surface area contributed by atoms with E-state index < -0.39 is 15.0 Å². The summed E-state index contributed by atoms with van der Waals surface area (Å²) in [4.78, 5) is -0.565. The minimum atomic E-state index is -4.82. The molecule has 0 fully saturated rings. The molecule has 4 aromatic rings. The molecule has 0 amide bonds. The van der Waals surface area contributed by atoms with Crippen LogP contribution in [0.1, 0.15) is 0 Å². The van der Waals surface area contributed by atoms with Crippen LogP contribution in [0, 0.1) is 0 Å². The molecular formula is C22H14N4Na2O7S2. The average molecular weight is 556 g/mol. The summed E-state index contributed by atoms with van der Waals surface area (Å²) >= 11 is 0.357. The van der Waals surface area contributed by atoms with E-state index in [0.717, 1.165) is 12.1 Å². The summed E-state index contributed by atoms with van der Waals surface area (Å²) in [6.45, 7) is 0. The number of phenolic OH excluding ortho intramolecular Hbond substituents is 1. The van der Waals surface area contributed by atoms with Gasteiger partial charge in [-0.25, -0.2) is 8.42 Å². The first-order valence-electron chi connectivity index (χ1n) is 9.72. The fraction of sp³-hybridized carbons (Fsp3) is 0. The van der Waals surface area contributed by atoms with Crippen molar-refractivity contribution in [1.82, 2.24) is 0 Å². The molecule has 178 valence electrons. The van der Waals surface area contributed by atoms with Crippen molar-refractivity contribution in [3.05, 3.63) is 78.9 Å². The van der Waals surface area contributed by atoms with Gasteiger partial charge >= 0.3 is 59.1 Å². The predicted molar refractivity (Wildman–Crippen MR) is 123 cm³/mol. The summed E-state index contributed by atoms with van der Waals surface area (Å²) in [6.07, 6.45) is 0. The number of hydrogen-bond acceptors (Lipinski definition) is 12. The van der Waals surface area contributed by atoms with Gasteiger partial charge in [0.15, 0.2) is 0 Å². The Bertz CT molecular complexity index is 1520. The molecule has 0 spiro atoms. The van der Waals surface area contributed by atoms with Crippen molar-refractivity contribution in [2.45, 2.75) is 9.79 Å². The summed E-state index contributed by atoms with van der Waals surface area (Å²) in [6, 6.07) is 20.6. The Balaban J connectivity index is 0.00000241. The van der Waals surface area contributed by atoms with Gasteiger partial charge in [0.2, 0.25) is 0 Å². The molecule has 0 unspecified atom stereocenters. The van der Waals surface area contributed by atoms with Crippen LogP contribution < -0.4 is 64.4 Å². The van der Waals surface area contributed by atoms with Crippen LogP contribution in [0.4, 0.5) is 22.7 Å². The molecule has 0 saturated carbocycles. The predicted octanol–water partition coefficient (Wildman–Crippen LogP) is -0.481. The maximum absolute atomic E-state index is 11.5. The third-order valence-corrected chi connectivity index (χ3v) is 6.04. The number of aromatic hydroxyl groups is 1. The first-order valence-corrected chi connectivity index (χ1v) is 11.9. The molecule has 0 saturated heterocycles. The van der Waals surface area contributed by atoms with Gasteiger partial charge in [-0.1, -0.05) is 24.3 Å². The maximum Gasteiger partial charge on any atom is 1.00 e. The van der Waals surface area contributed by atoms with E-state index in [1.165, 1.54) is 12.1 Å². The molecule has 4 rings (SSSR count). The number of fused-ring (bicyclic) bond motifs is 1. The molecule has 0 radical (unpaired) electrons. The van der Waals surface area contributed by atoms with E-state index in [0.29, 0.717) is 29.1 Å². The quantitative estimate of drug-likeness (QED) is 0.0758. The number of phenols is 1. The monoisotopic (exact) mass is 556 g/mol. The molecule has 0 aliphatic carbocycles. The van der Waals surface area contributed by atoms with E-state index >= 15 is 0 Å². The van der Waals surface area contributed by atoms with Gasteiger partial charge in [-0.2, -0.15) is 19.7 Å². The Morgan fingerprint density at radius 3 is 1.92 bits per heavy atom. The van der Waals surface area contributed by atoms with Gasteiger partial charge in [0, 0.05) is 10.3 Å². The molecule has 0 atom stereocenters. The molecule has 0 aliphatic rings. The summed E-state index contributed by atoms with van der Waals surface area (Å²) in [5.41, 5.74) is 1.67. The second kappa shape index (κ2) is 14.4. The molecular weight excluding hydrogens is 542 g/mol. The number of rotatable bonds is 8. The summed E-state index contributed by atoms with van der Waals surface area (Å²) in [7, 11) is -4.82. The Kier molecular flexibility index (Phi) is 12.3. The van der Waals surface area contributed by atoms with Gasteiger partial charge in [0.05, 0.1) is 34.0 Å². The van der Waals surface area contributed by atoms with Crippen molar-refractivity contribution < 1.29 is 91.8 Å². The Hall–Kier alpha value is -1.72. The number of benzene rings is 4. The van der Waals surface area contributed by atoms with E-state index in [1.54, 1.807) is 24.3 Å². The largest absolute Gasteiger partial charge is 1.00 e. The zero-order valence-electron chi connectivity index (χ0n) is 19.5. The normalized spacial score (nSPS) is 11.5. The van der Waals surface area contributed by atoms with E-state index in [2.05, 4.69) is 29.8 Å². The van der Waals surface area contributed by atoms with Gasteiger partial charge in [-0.05, 0) is 60.0 Å². The first-order chi connectivity index (χ1) is 16.8. The van der Waals surface area contributed by atoms with Crippen LogP contribution in [-0.2, 0) is 19.5 Å². The van der Waals surface area contributed by atoms with E-state index in [1.807, 2.05) is 30.3 Å². The fourth-order valence-corrected chi connectivity index (χ4v) is 4.22. The Morgan fingerprint density at radius 2 is 1.35 bits per heavy atom. The van der Waals surface area contributed by atoms with Gasteiger partial charge in [0.25, 0.3) is 0 Å². The Morgan fingerprint density at radius 1 is 0.784 bits per heavy atom. The molecule has 4 aromatic carbocycles. The zero-order chi connectivity index (χ0) is 24.8.